The van der Waals surface area contributed by atoms with Crippen molar-refractivity contribution in [2.24, 2.45) is 0 Å². The molecule has 1 amide bonds. The summed E-state index contributed by atoms with van der Waals surface area (Å²) in [5, 5.41) is 3.11. The summed E-state index contributed by atoms with van der Waals surface area (Å²) in [6.45, 7) is 7.46. The van der Waals surface area contributed by atoms with E-state index >= 15 is 0 Å². The Labute approximate surface area is 93.2 Å². The minimum atomic E-state index is 0.0381. The van der Waals surface area contributed by atoms with Gasteiger partial charge in [-0.3, -0.25) is 4.79 Å². The summed E-state index contributed by atoms with van der Waals surface area (Å²) in [4.78, 5) is 14.3. The van der Waals surface area contributed by atoms with Gasteiger partial charge in [0.1, 0.15) is 0 Å². The maximum atomic E-state index is 12.2. The maximum Gasteiger partial charge on any atom is 0.240 e. The van der Waals surface area contributed by atoms with Crippen molar-refractivity contribution in [3.8, 4) is 0 Å². The van der Waals surface area contributed by atoms with Crippen LogP contribution in [0.25, 0.3) is 0 Å². The summed E-state index contributed by atoms with van der Waals surface area (Å²) >= 11 is 0. The van der Waals surface area contributed by atoms with Crippen molar-refractivity contribution in [3.63, 3.8) is 0 Å². The van der Waals surface area contributed by atoms with E-state index in [2.05, 4.69) is 31.0 Å². The van der Waals surface area contributed by atoms with Crippen LogP contribution >= 0.6 is 0 Å². The minimum Gasteiger partial charge on any atom is -0.336 e. The lowest BCUT2D eigenvalue weighted by Gasteiger charge is -2.44. The third-order valence-corrected chi connectivity index (χ3v) is 3.96. The van der Waals surface area contributed by atoms with Crippen LogP contribution in [0.1, 0.15) is 46.5 Å². The highest BCUT2D eigenvalue weighted by Crippen LogP contribution is 2.27. The molecule has 0 saturated carbocycles. The number of likely N-dealkylation sites (N-methyl/N-ethyl adjacent to an activating group) is 1. The van der Waals surface area contributed by atoms with Crippen molar-refractivity contribution in [1.29, 1.82) is 0 Å². The zero-order chi connectivity index (χ0) is 11.5. The topological polar surface area (TPSA) is 32.3 Å². The molecule has 15 heavy (non-hydrogen) atoms. The summed E-state index contributed by atoms with van der Waals surface area (Å²) in [6, 6.07) is 0.0381. The number of carbonyl (C=O) groups excluding carboxylic acids is 1. The molecule has 1 unspecified atom stereocenters. The van der Waals surface area contributed by atoms with Gasteiger partial charge in [-0.25, -0.2) is 0 Å². The standard InChI is InChI=1S/C12H24N2O/c1-5-12(3,6-2)14-9-7-8-10(13-4)11(14)15/h10,13H,5-9H2,1-4H3. The summed E-state index contributed by atoms with van der Waals surface area (Å²) < 4.78 is 0. The SMILES string of the molecule is CCC(C)(CC)N1CCCC(NC)C1=O. The molecule has 1 saturated heterocycles. The van der Waals surface area contributed by atoms with Crippen molar-refractivity contribution in [1.82, 2.24) is 10.2 Å². The van der Waals surface area contributed by atoms with Crippen molar-refractivity contribution < 1.29 is 4.79 Å². The quantitative estimate of drug-likeness (QED) is 0.770. The predicted octanol–water partition coefficient (Wildman–Crippen LogP) is 1.78. The zero-order valence-electron chi connectivity index (χ0n) is 10.5. The Morgan fingerprint density at radius 2 is 2.07 bits per heavy atom. The van der Waals surface area contributed by atoms with Gasteiger partial charge in [-0.05, 0) is 39.7 Å². The van der Waals surface area contributed by atoms with Crippen LogP contribution in [0.4, 0.5) is 0 Å². The molecule has 0 aromatic carbocycles. The Kier molecular flexibility index (Phi) is 4.14. The molecule has 1 aliphatic rings. The molecule has 0 spiro atoms. The number of nitrogens with one attached hydrogen (secondary N) is 1. The van der Waals surface area contributed by atoms with Gasteiger partial charge in [-0.2, -0.15) is 0 Å². The molecular formula is C12H24N2O. The molecular weight excluding hydrogens is 188 g/mol. The lowest BCUT2D eigenvalue weighted by molar-refractivity contribution is -0.142. The molecule has 3 nitrogen and oxygen atoms in total. The lowest BCUT2D eigenvalue weighted by Crippen LogP contribution is -2.58. The highest BCUT2D eigenvalue weighted by molar-refractivity contribution is 5.83. The predicted molar refractivity (Wildman–Crippen MR) is 62.8 cm³/mol. The summed E-state index contributed by atoms with van der Waals surface area (Å²) in [7, 11) is 1.88. The highest BCUT2D eigenvalue weighted by Gasteiger charge is 2.37. The molecule has 1 rings (SSSR count). The zero-order valence-corrected chi connectivity index (χ0v) is 10.5. The third kappa shape index (κ3) is 2.33. The monoisotopic (exact) mass is 212 g/mol. The molecule has 0 radical (unpaired) electrons. The van der Waals surface area contributed by atoms with E-state index in [0.717, 1.165) is 32.2 Å². The van der Waals surface area contributed by atoms with Crippen LogP contribution in [0.2, 0.25) is 0 Å². The number of piperidine rings is 1. The Bertz CT molecular complexity index is 224. The first-order valence-electron chi connectivity index (χ1n) is 6.07. The molecule has 1 heterocycles. The van der Waals surface area contributed by atoms with Crippen molar-refractivity contribution in [2.75, 3.05) is 13.6 Å². The first-order valence-corrected chi connectivity index (χ1v) is 6.07. The van der Waals surface area contributed by atoms with Crippen LogP contribution in [0.3, 0.4) is 0 Å². The van der Waals surface area contributed by atoms with E-state index in [9.17, 15) is 4.79 Å². The average molecular weight is 212 g/mol. The first-order chi connectivity index (χ1) is 7.09. The summed E-state index contributed by atoms with van der Waals surface area (Å²) in [5.41, 5.74) is 0.0482. The van der Waals surface area contributed by atoms with Crippen LogP contribution in [-0.2, 0) is 4.79 Å². The van der Waals surface area contributed by atoms with Crippen LogP contribution < -0.4 is 5.32 Å². The van der Waals surface area contributed by atoms with Crippen LogP contribution in [-0.4, -0.2) is 36.0 Å². The summed E-state index contributed by atoms with van der Waals surface area (Å²) in [6.07, 6.45) is 4.17. The van der Waals surface area contributed by atoms with E-state index in [1.807, 2.05) is 7.05 Å². The van der Waals surface area contributed by atoms with Gasteiger partial charge in [0, 0.05) is 12.1 Å². The largest absolute Gasteiger partial charge is 0.336 e. The second-order valence-corrected chi connectivity index (χ2v) is 4.68. The fourth-order valence-corrected chi connectivity index (χ4v) is 2.31. The van der Waals surface area contributed by atoms with Gasteiger partial charge in [0.25, 0.3) is 0 Å². The van der Waals surface area contributed by atoms with E-state index < -0.39 is 0 Å². The smallest absolute Gasteiger partial charge is 0.240 e. The number of hydrogen-bond donors (Lipinski definition) is 1. The first kappa shape index (κ1) is 12.5. The molecule has 3 heteroatoms. The Morgan fingerprint density at radius 3 is 2.53 bits per heavy atom. The van der Waals surface area contributed by atoms with Gasteiger partial charge in [0.2, 0.25) is 5.91 Å². The second kappa shape index (κ2) is 4.97. The molecule has 1 aliphatic heterocycles. The van der Waals surface area contributed by atoms with Crippen molar-refractivity contribution in [3.05, 3.63) is 0 Å². The lowest BCUT2D eigenvalue weighted by atomic mass is 9.89. The third-order valence-electron chi connectivity index (χ3n) is 3.96. The van der Waals surface area contributed by atoms with E-state index in [-0.39, 0.29) is 17.5 Å². The van der Waals surface area contributed by atoms with Crippen molar-refractivity contribution >= 4 is 5.91 Å². The van der Waals surface area contributed by atoms with Gasteiger partial charge < -0.3 is 10.2 Å². The molecule has 1 fully saturated rings. The second-order valence-electron chi connectivity index (χ2n) is 4.68. The molecule has 0 aromatic rings. The van der Waals surface area contributed by atoms with Gasteiger partial charge in [0.05, 0.1) is 6.04 Å². The van der Waals surface area contributed by atoms with E-state index in [1.165, 1.54) is 0 Å². The van der Waals surface area contributed by atoms with Gasteiger partial charge in [-0.15, -0.1) is 0 Å². The number of likely N-dealkylation sites (tertiary alicyclic amines) is 1. The fraction of sp³-hybridized carbons (Fsp3) is 0.917. The normalized spacial score (nSPS) is 23.3. The molecule has 1 N–H and O–H groups in total. The fourth-order valence-electron chi connectivity index (χ4n) is 2.31. The summed E-state index contributed by atoms with van der Waals surface area (Å²) in [5.74, 6) is 0.287. The number of hydrogen-bond acceptors (Lipinski definition) is 2. The van der Waals surface area contributed by atoms with Crippen LogP contribution in [0.5, 0.6) is 0 Å². The molecule has 0 bridgehead atoms. The van der Waals surface area contributed by atoms with Gasteiger partial charge in [-0.1, -0.05) is 13.8 Å². The molecule has 0 aliphatic carbocycles. The Hall–Kier alpha value is -0.570. The number of carbonyl (C=O) groups is 1. The highest BCUT2D eigenvalue weighted by atomic mass is 16.2. The van der Waals surface area contributed by atoms with Gasteiger partial charge in [0.15, 0.2) is 0 Å². The maximum absolute atomic E-state index is 12.2. The Morgan fingerprint density at radius 1 is 1.47 bits per heavy atom. The van der Waals surface area contributed by atoms with Crippen LogP contribution in [0, 0.1) is 0 Å². The number of amides is 1. The van der Waals surface area contributed by atoms with E-state index in [4.69, 9.17) is 0 Å². The average Bonchev–Trinajstić information content (AvgIpc) is 2.28. The Balaban J connectivity index is 2.80. The molecule has 1 atom stereocenters. The van der Waals surface area contributed by atoms with E-state index in [1.54, 1.807) is 0 Å². The van der Waals surface area contributed by atoms with Crippen molar-refractivity contribution in [2.45, 2.75) is 58.0 Å². The number of nitrogens with zero attached hydrogens (tertiary/aromatic N) is 1. The van der Waals surface area contributed by atoms with Crippen LogP contribution in [0.15, 0.2) is 0 Å². The van der Waals surface area contributed by atoms with Gasteiger partial charge >= 0.3 is 0 Å². The number of rotatable bonds is 4. The van der Waals surface area contributed by atoms with E-state index in [0.29, 0.717) is 0 Å². The minimum absolute atomic E-state index is 0.0381. The molecule has 88 valence electrons. The molecule has 0 aromatic heterocycles.